The molecule has 0 fully saturated rings. The minimum Gasteiger partial charge on any atom is -0.325 e. The summed E-state index contributed by atoms with van der Waals surface area (Å²) in [7, 11) is 0. The predicted octanol–water partition coefficient (Wildman–Crippen LogP) is 4.37. The smallest absolute Gasteiger partial charge is 0.234 e. The number of carbonyl (C=O) groups is 1. The maximum atomic E-state index is 12.2. The molecule has 0 aliphatic rings. The predicted molar refractivity (Wildman–Crippen MR) is 104 cm³/mol. The van der Waals surface area contributed by atoms with Crippen LogP contribution in [0, 0.1) is 13.8 Å². The topological polar surface area (TPSA) is 59.8 Å². The summed E-state index contributed by atoms with van der Waals surface area (Å²) in [5.74, 6) is 1.11. The highest BCUT2D eigenvalue weighted by Gasteiger charge is 2.15. The molecule has 3 aromatic rings. The minimum absolute atomic E-state index is 0.0436. The van der Waals surface area contributed by atoms with Crippen LogP contribution in [0.1, 0.15) is 17.4 Å². The molecule has 0 unspecified atom stereocenters. The Kier molecular flexibility index (Phi) is 5.55. The minimum atomic E-state index is -0.0436. The van der Waals surface area contributed by atoms with Gasteiger partial charge in [-0.05, 0) is 38.5 Å². The molecule has 0 spiro atoms. The van der Waals surface area contributed by atoms with Crippen molar-refractivity contribution in [3.05, 3.63) is 46.2 Å². The van der Waals surface area contributed by atoms with Crippen LogP contribution in [0.5, 0.6) is 0 Å². The Labute approximate surface area is 155 Å². The Balaban J connectivity index is 1.68. The number of aromatic nitrogens is 3. The number of aryl methyl sites for hydroxylation is 2. The van der Waals surface area contributed by atoms with Crippen molar-refractivity contribution in [2.45, 2.75) is 32.5 Å². The van der Waals surface area contributed by atoms with Crippen LogP contribution in [0.15, 0.2) is 40.9 Å². The Hall–Kier alpha value is -2.12. The van der Waals surface area contributed by atoms with E-state index in [1.165, 1.54) is 16.6 Å². The number of para-hydroxylation sites is 1. The first kappa shape index (κ1) is 17.7. The van der Waals surface area contributed by atoms with E-state index < -0.39 is 0 Å². The highest BCUT2D eigenvalue weighted by molar-refractivity contribution is 7.99. The largest absolute Gasteiger partial charge is 0.325 e. The van der Waals surface area contributed by atoms with E-state index in [0.717, 1.165) is 34.3 Å². The molecule has 7 heteroatoms. The zero-order valence-electron chi connectivity index (χ0n) is 14.4. The molecule has 0 saturated carbocycles. The number of hydrogen-bond donors (Lipinski definition) is 1. The van der Waals surface area contributed by atoms with Crippen LogP contribution in [0.3, 0.4) is 0 Å². The van der Waals surface area contributed by atoms with E-state index in [4.69, 9.17) is 0 Å². The van der Waals surface area contributed by atoms with Gasteiger partial charge in [0.25, 0.3) is 0 Å². The molecule has 25 heavy (non-hydrogen) atoms. The van der Waals surface area contributed by atoms with Crippen molar-refractivity contribution >= 4 is 34.7 Å². The standard InChI is InChI=1S/C18H20N4OS2/c1-4-22-17(14-9-13(3)24-10-14)20-21-18(22)25-11-16(23)19-15-8-6-5-7-12(15)2/h5-10H,4,11H2,1-3H3,(H,19,23). The average Bonchev–Trinajstić information content (AvgIpc) is 3.20. The Morgan fingerprint density at radius 3 is 2.76 bits per heavy atom. The van der Waals surface area contributed by atoms with Gasteiger partial charge in [0, 0.05) is 28.1 Å². The van der Waals surface area contributed by atoms with Gasteiger partial charge in [-0.2, -0.15) is 0 Å². The van der Waals surface area contributed by atoms with E-state index in [1.54, 1.807) is 11.3 Å². The Morgan fingerprint density at radius 2 is 2.08 bits per heavy atom. The molecule has 0 atom stereocenters. The van der Waals surface area contributed by atoms with Crippen molar-refractivity contribution < 1.29 is 4.79 Å². The fourth-order valence-corrected chi connectivity index (χ4v) is 3.97. The third kappa shape index (κ3) is 4.11. The van der Waals surface area contributed by atoms with Gasteiger partial charge >= 0.3 is 0 Å². The summed E-state index contributed by atoms with van der Waals surface area (Å²) in [6.07, 6.45) is 0. The first-order chi connectivity index (χ1) is 12.1. The van der Waals surface area contributed by atoms with Crippen molar-refractivity contribution in [1.29, 1.82) is 0 Å². The molecule has 0 aliphatic heterocycles. The van der Waals surface area contributed by atoms with Gasteiger partial charge in [-0.3, -0.25) is 4.79 Å². The van der Waals surface area contributed by atoms with Crippen molar-refractivity contribution in [1.82, 2.24) is 14.8 Å². The molecule has 5 nitrogen and oxygen atoms in total. The maximum absolute atomic E-state index is 12.2. The number of benzene rings is 1. The van der Waals surface area contributed by atoms with Gasteiger partial charge in [-0.15, -0.1) is 21.5 Å². The molecule has 2 heterocycles. The summed E-state index contributed by atoms with van der Waals surface area (Å²) in [6, 6.07) is 9.87. The van der Waals surface area contributed by atoms with E-state index >= 15 is 0 Å². The fourth-order valence-electron chi connectivity index (χ4n) is 2.48. The Bertz CT molecular complexity index is 885. The molecule has 1 N–H and O–H groups in total. The third-order valence-electron chi connectivity index (χ3n) is 3.77. The molecule has 2 aromatic heterocycles. The quantitative estimate of drug-likeness (QED) is 0.653. The molecule has 0 aliphatic carbocycles. The highest BCUT2D eigenvalue weighted by Crippen LogP contribution is 2.27. The molecule has 0 bridgehead atoms. The molecule has 1 amide bonds. The van der Waals surface area contributed by atoms with E-state index in [-0.39, 0.29) is 5.91 Å². The summed E-state index contributed by atoms with van der Waals surface area (Å²) in [4.78, 5) is 13.5. The fraction of sp³-hybridized carbons (Fsp3) is 0.278. The van der Waals surface area contributed by atoms with Crippen LogP contribution in [0.4, 0.5) is 5.69 Å². The van der Waals surface area contributed by atoms with Gasteiger partial charge in [0.1, 0.15) is 0 Å². The lowest BCUT2D eigenvalue weighted by molar-refractivity contribution is -0.113. The number of thiophene rings is 1. The molecule has 3 rings (SSSR count). The van der Waals surface area contributed by atoms with Crippen molar-refractivity contribution in [3.63, 3.8) is 0 Å². The zero-order chi connectivity index (χ0) is 17.8. The normalized spacial score (nSPS) is 10.8. The lowest BCUT2D eigenvalue weighted by Crippen LogP contribution is -2.15. The van der Waals surface area contributed by atoms with E-state index in [9.17, 15) is 4.79 Å². The summed E-state index contributed by atoms with van der Waals surface area (Å²) in [5, 5.41) is 14.4. The summed E-state index contributed by atoms with van der Waals surface area (Å²) in [5.41, 5.74) is 2.97. The van der Waals surface area contributed by atoms with Crippen LogP contribution < -0.4 is 5.32 Å². The monoisotopic (exact) mass is 372 g/mol. The van der Waals surface area contributed by atoms with Crippen LogP contribution in [0.2, 0.25) is 0 Å². The van der Waals surface area contributed by atoms with Crippen LogP contribution >= 0.6 is 23.1 Å². The molecule has 1 aromatic carbocycles. The van der Waals surface area contributed by atoms with Crippen LogP contribution in [-0.2, 0) is 11.3 Å². The lowest BCUT2D eigenvalue weighted by atomic mass is 10.2. The zero-order valence-corrected chi connectivity index (χ0v) is 16.1. The van der Waals surface area contributed by atoms with Gasteiger partial charge in [0.15, 0.2) is 11.0 Å². The van der Waals surface area contributed by atoms with Gasteiger partial charge in [-0.1, -0.05) is 30.0 Å². The maximum Gasteiger partial charge on any atom is 0.234 e. The molecular weight excluding hydrogens is 352 g/mol. The van der Waals surface area contributed by atoms with Crippen LogP contribution in [-0.4, -0.2) is 26.4 Å². The number of rotatable bonds is 6. The lowest BCUT2D eigenvalue weighted by Gasteiger charge is -2.08. The van der Waals surface area contributed by atoms with E-state index in [1.807, 2.05) is 35.8 Å². The van der Waals surface area contributed by atoms with Crippen molar-refractivity contribution in [2.24, 2.45) is 0 Å². The second-order valence-corrected chi connectivity index (χ2v) is 7.71. The van der Waals surface area contributed by atoms with E-state index in [0.29, 0.717) is 5.75 Å². The van der Waals surface area contributed by atoms with Crippen molar-refractivity contribution in [3.8, 4) is 11.4 Å². The molecule has 130 valence electrons. The number of carbonyl (C=O) groups excluding carboxylic acids is 1. The number of thioether (sulfide) groups is 1. The highest BCUT2D eigenvalue weighted by atomic mass is 32.2. The number of nitrogens with zero attached hydrogens (tertiary/aromatic N) is 3. The first-order valence-electron chi connectivity index (χ1n) is 8.05. The average molecular weight is 373 g/mol. The number of nitrogens with one attached hydrogen (secondary N) is 1. The first-order valence-corrected chi connectivity index (χ1v) is 9.92. The van der Waals surface area contributed by atoms with E-state index in [2.05, 4.69) is 40.8 Å². The van der Waals surface area contributed by atoms with Gasteiger partial charge in [0.2, 0.25) is 5.91 Å². The summed E-state index contributed by atoms with van der Waals surface area (Å²) in [6.45, 7) is 6.88. The SMILES string of the molecule is CCn1c(SCC(=O)Nc2ccccc2C)nnc1-c1csc(C)c1. The van der Waals surface area contributed by atoms with Crippen LogP contribution in [0.25, 0.3) is 11.4 Å². The molecule has 0 radical (unpaired) electrons. The second-order valence-electron chi connectivity index (χ2n) is 5.65. The third-order valence-corrected chi connectivity index (χ3v) is 5.60. The number of amides is 1. The Morgan fingerprint density at radius 1 is 1.28 bits per heavy atom. The summed E-state index contributed by atoms with van der Waals surface area (Å²) >= 11 is 3.10. The molecule has 0 saturated heterocycles. The van der Waals surface area contributed by atoms with Gasteiger partial charge < -0.3 is 9.88 Å². The molecular formula is C18H20N4OS2. The van der Waals surface area contributed by atoms with Crippen molar-refractivity contribution in [2.75, 3.05) is 11.1 Å². The number of hydrogen-bond acceptors (Lipinski definition) is 5. The van der Waals surface area contributed by atoms with Gasteiger partial charge in [0.05, 0.1) is 5.75 Å². The summed E-state index contributed by atoms with van der Waals surface area (Å²) < 4.78 is 2.05. The number of anilines is 1. The van der Waals surface area contributed by atoms with Gasteiger partial charge in [-0.25, -0.2) is 0 Å². The second kappa shape index (κ2) is 7.84.